The van der Waals surface area contributed by atoms with Gasteiger partial charge in [-0.2, -0.15) is 5.10 Å². The molecule has 1 aromatic heterocycles. The first-order valence-electron chi connectivity index (χ1n) is 10.2. The van der Waals surface area contributed by atoms with Crippen LogP contribution >= 0.6 is 12.2 Å². The Balaban J connectivity index is 1.62. The molecule has 8 heteroatoms. The molecule has 3 N–H and O–H groups in total. The van der Waals surface area contributed by atoms with E-state index in [1.165, 1.54) is 0 Å². The fraction of sp³-hybridized carbons (Fsp3) is 0.304. The van der Waals surface area contributed by atoms with Crippen LogP contribution in [0.5, 0.6) is 0 Å². The number of amides is 2. The van der Waals surface area contributed by atoms with E-state index in [0.717, 1.165) is 22.4 Å². The lowest BCUT2D eigenvalue weighted by Crippen LogP contribution is -2.27. The number of hydrogen-bond acceptors (Lipinski definition) is 4. The van der Waals surface area contributed by atoms with Crippen LogP contribution in [0.4, 0.5) is 5.69 Å². The summed E-state index contributed by atoms with van der Waals surface area (Å²) in [5.74, 6) is 0.714. The van der Waals surface area contributed by atoms with Gasteiger partial charge in [0.15, 0.2) is 10.6 Å². The highest BCUT2D eigenvalue weighted by Crippen LogP contribution is 2.18. The molecule has 0 aliphatic rings. The van der Waals surface area contributed by atoms with Crippen molar-refractivity contribution >= 4 is 29.7 Å². The third kappa shape index (κ3) is 6.36. The van der Waals surface area contributed by atoms with Crippen LogP contribution in [-0.4, -0.2) is 26.6 Å². The van der Waals surface area contributed by atoms with E-state index < -0.39 is 0 Å². The molecule has 2 aromatic carbocycles. The maximum Gasteiger partial charge on any atom is 0.240 e. The monoisotopic (exact) mass is 437 g/mol. The predicted octanol–water partition coefficient (Wildman–Crippen LogP) is 4.22. The Kier molecular flexibility index (Phi) is 7.36. The van der Waals surface area contributed by atoms with E-state index in [4.69, 9.17) is 12.2 Å². The third-order valence-electron chi connectivity index (χ3n) is 4.66. The average molecular weight is 438 g/mol. The van der Waals surface area contributed by atoms with Crippen molar-refractivity contribution < 1.29 is 9.59 Å². The summed E-state index contributed by atoms with van der Waals surface area (Å²) in [5.41, 5.74) is 3.64. The van der Waals surface area contributed by atoms with Gasteiger partial charge in [-0.25, -0.2) is 0 Å². The molecule has 3 aromatic rings. The van der Waals surface area contributed by atoms with Gasteiger partial charge in [-0.3, -0.25) is 19.3 Å². The Morgan fingerprint density at radius 3 is 2.58 bits per heavy atom. The van der Waals surface area contributed by atoms with Gasteiger partial charge >= 0.3 is 0 Å². The minimum atomic E-state index is -0.180. The number of carbonyl (C=O) groups is 2. The molecule has 0 bridgehead atoms. The van der Waals surface area contributed by atoms with Gasteiger partial charge in [0.2, 0.25) is 11.8 Å². The van der Waals surface area contributed by atoms with Gasteiger partial charge < -0.3 is 10.6 Å². The van der Waals surface area contributed by atoms with Gasteiger partial charge in [-0.1, -0.05) is 55.8 Å². The number of carbonyl (C=O) groups excluding carboxylic acids is 2. The van der Waals surface area contributed by atoms with E-state index in [1.807, 2.05) is 69.3 Å². The predicted molar refractivity (Wildman–Crippen MR) is 124 cm³/mol. The average Bonchev–Trinajstić information content (AvgIpc) is 3.07. The molecule has 0 fully saturated rings. The number of nitrogens with zero attached hydrogens (tertiary/aromatic N) is 2. The molecule has 0 aliphatic heterocycles. The second-order valence-corrected chi connectivity index (χ2v) is 8.31. The Hall–Kier alpha value is -3.26. The maximum absolute atomic E-state index is 12.6. The summed E-state index contributed by atoms with van der Waals surface area (Å²) in [5, 5.41) is 12.8. The molecule has 0 spiro atoms. The number of anilines is 1. The number of hydrogen-bond donors (Lipinski definition) is 3. The van der Waals surface area contributed by atoms with Crippen LogP contribution in [0.2, 0.25) is 0 Å². The summed E-state index contributed by atoms with van der Waals surface area (Å²) >= 11 is 5.31. The minimum absolute atomic E-state index is 0.0193. The third-order valence-corrected chi connectivity index (χ3v) is 4.98. The highest BCUT2D eigenvalue weighted by molar-refractivity contribution is 7.71. The van der Waals surface area contributed by atoms with Gasteiger partial charge in [0.05, 0.1) is 0 Å². The number of benzene rings is 2. The number of aryl methyl sites for hydroxylation is 1. The summed E-state index contributed by atoms with van der Waals surface area (Å²) in [6.45, 7) is 6.42. The molecule has 3 rings (SSSR count). The largest absolute Gasteiger partial charge is 0.350 e. The van der Waals surface area contributed by atoms with Crippen LogP contribution in [0, 0.1) is 17.6 Å². The molecule has 1 heterocycles. The molecule has 162 valence electrons. The van der Waals surface area contributed by atoms with E-state index >= 15 is 0 Å². The van der Waals surface area contributed by atoms with Gasteiger partial charge in [-0.15, -0.1) is 0 Å². The van der Waals surface area contributed by atoms with E-state index in [-0.39, 0.29) is 18.4 Å². The lowest BCUT2D eigenvalue weighted by Gasteiger charge is -2.11. The zero-order chi connectivity index (χ0) is 22.4. The highest BCUT2D eigenvalue weighted by Gasteiger charge is 2.12. The molecule has 0 aliphatic carbocycles. The van der Waals surface area contributed by atoms with Crippen molar-refractivity contribution in [3.05, 3.63) is 64.4 Å². The molecule has 7 nitrogen and oxygen atoms in total. The summed E-state index contributed by atoms with van der Waals surface area (Å²) < 4.78 is 2.07. The fourth-order valence-corrected chi connectivity index (χ4v) is 3.33. The van der Waals surface area contributed by atoms with Gasteiger partial charge in [0.25, 0.3) is 0 Å². The topological polar surface area (TPSA) is 91.8 Å². The van der Waals surface area contributed by atoms with Crippen LogP contribution in [0.25, 0.3) is 11.4 Å². The summed E-state index contributed by atoms with van der Waals surface area (Å²) in [6.07, 6.45) is 0.468. The lowest BCUT2D eigenvalue weighted by atomic mass is 10.1. The van der Waals surface area contributed by atoms with Crippen LogP contribution in [0.3, 0.4) is 0 Å². The Bertz CT molecular complexity index is 1120. The first kappa shape index (κ1) is 22.4. The number of H-pyrrole nitrogens is 1. The number of aromatic nitrogens is 3. The van der Waals surface area contributed by atoms with Crippen LogP contribution in [0.15, 0.2) is 48.5 Å². The van der Waals surface area contributed by atoms with Gasteiger partial charge in [0.1, 0.15) is 6.54 Å². The normalized spacial score (nSPS) is 10.8. The van der Waals surface area contributed by atoms with E-state index in [0.29, 0.717) is 29.5 Å². The van der Waals surface area contributed by atoms with Crippen LogP contribution in [0.1, 0.15) is 31.4 Å². The minimum Gasteiger partial charge on any atom is -0.350 e. The molecule has 0 radical (unpaired) electrons. The molecule has 2 amide bonds. The van der Waals surface area contributed by atoms with Crippen LogP contribution in [-0.2, 0) is 22.7 Å². The molecular weight excluding hydrogens is 410 g/mol. The maximum atomic E-state index is 12.6. The SMILES string of the molecule is Cc1ccc(-c2n[nH]c(=S)n2CC(=O)NCc2cccc(NC(=O)CC(C)C)c2)cc1. The Morgan fingerprint density at radius 2 is 1.87 bits per heavy atom. The van der Waals surface area contributed by atoms with E-state index in [2.05, 4.69) is 20.8 Å². The van der Waals surface area contributed by atoms with E-state index in [1.54, 1.807) is 4.57 Å². The van der Waals surface area contributed by atoms with Gasteiger partial charge in [-0.05, 0) is 42.8 Å². The van der Waals surface area contributed by atoms with Crippen molar-refractivity contribution in [2.45, 2.75) is 40.3 Å². The zero-order valence-corrected chi connectivity index (χ0v) is 18.8. The molecule has 0 atom stereocenters. The quantitative estimate of drug-likeness (QED) is 0.460. The first-order valence-corrected chi connectivity index (χ1v) is 10.6. The summed E-state index contributed by atoms with van der Waals surface area (Å²) in [6, 6.07) is 15.3. The van der Waals surface area contributed by atoms with Crippen molar-refractivity contribution in [3.8, 4) is 11.4 Å². The highest BCUT2D eigenvalue weighted by atomic mass is 32.1. The second-order valence-electron chi connectivity index (χ2n) is 7.93. The van der Waals surface area contributed by atoms with Crippen molar-refractivity contribution in [2.24, 2.45) is 5.92 Å². The van der Waals surface area contributed by atoms with Crippen LogP contribution < -0.4 is 10.6 Å². The Morgan fingerprint density at radius 1 is 1.13 bits per heavy atom. The van der Waals surface area contributed by atoms with Crippen molar-refractivity contribution in [1.82, 2.24) is 20.1 Å². The van der Waals surface area contributed by atoms with Crippen molar-refractivity contribution in [3.63, 3.8) is 0 Å². The fourth-order valence-electron chi connectivity index (χ4n) is 3.13. The smallest absolute Gasteiger partial charge is 0.240 e. The zero-order valence-electron chi connectivity index (χ0n) is 17.9. The number of rotatable bonds is 8. The molecule has 0 saturated heterocycles. The van der Waals surface area contributed by atoms with E-state index in [9.17, 15) is 9.59 Å². The molecular formula is C23H27N5O2S. The summed E-state index contributed by atoms with van der Waals surface area (Å²) in [7, 11) is 0. The molecule has 0 saturated carbocycles. The lowest BCUT2D eigenvalue weighted by molar-refractivity contribution is -0.122. The van der Waals surface area contributed by atoms with Crippen molar-refractivity contribution in [2.75, 3.05) is 5.32 Å². The molecule has 0 unspecified atom stereocenters. The molecule has 31 heavy (non-hydrogen) atoms. The van der Waals surface area contributed by atoms with Gasteiger partial charge in [0, 0.05) is 24.2 Å². The van der Waals surface area contributed by atoms with Crippen molar-refractivity contribution in [1.29, 1.82) is 0 Å². The summed E-state index contributed by atoms with van der Waals surface area (Å²) in [4.78, 5) is 24.5. The standard InChI is InChI=1S/C23H27N5O2S/c1-15(2)11-20(29)25-19-6-4-5-17(12-19)13-24-21(30)14-28-22(26-27-23(28)31)18-9-7-16(3)8-10-18/h4-10,12,15H,11,13-14H2,1-3H3,(H,24,30)(H,25,29)(H,27,31). The second kappa shape index (κ2) is 10.2. The number of aromatic amines is 1. The number of nitrogens with one attached hydrogen (secondary N) is 3. The first-order chi connectivity index (χ1) is 14.8. The Labute approximate surface area is 186 Å².